The van der Waals surface area contributed by atoms with E-state index in [2.05, 4.69) is 17.1 Å². The Morgan fingerprint density at radius 1 is 1.21 bits per heavy atom. The number of aromatic nitrogens is 1. The third-order valence-corrected chi connectivity index (χ3v) is 2.80. The molecule has 0 aliphatic carbocycles. The van der Waals surface area contributed by atoms with Crippen LogP contribution in [0.15, 0.2) is 42.6 Å². The van der Waals surface area contributed by atoms with Gasteiger partial charge < -0.3 is 10.5 Å². The number of rotatable bonds is 6. The number of halogens is 1. The fraction of sp³-hybridized carbons (Fsp3) is 0.267. The van der Waals surface area contributed by atoms with Gasteiger partial charge in [-0.2, -0.15) is 0 Å². The topological polar surface area (TPSA) is 48.1 Å². The lowest BCUT2D eigenvalue weighted by molar-refractivity contribution is 0.295. The van der Waals surface area contributed by atoms with E-state index >= 15 is 0 Å². The number of pyridine rings is 1. The Hall–Kier alpha value is -1.94. The zero-order valence-corrected chi connectivity index (χ0v) is 10.7. The number of hydrogen-bond donors (Lipinski definition) is 1. The average Bonchev–Trinajstić information content (AvgIpc) is 2.46. The van der Waals surface area contributed by atoms with E-state index in [-0.39, 0.29) is 6.54 Å². The molecule has 0 saturated heterocycles. The molecule has 1 aromatic heterocycles. The molecule has 0 saturated carbocycles. The minimum atomic E-state index is -0.392. The molecule has 3 nitrogen and oxygen atoms in total. The van der Waals surface area contributed by atoms with Crippen molar-refractivity contribution in [2.75, 3.05) is 6.61 Å². The van der Waals surface area contributed by atoms with E-state index < -0.39 is 5.82 Å². The van der Waals surface area contributed by atoms with Crippen molar-refractivity contribution in [3.63, 3.8) is 0 Å². The monoisotopic (exact) mass is 260 g/mol. The normalized spacial score (nSPS) is 10.4. The van der Waals surface area contributed by atoms with E-state index in [9.17, 15) is 4.39 Å². The van der Waals surface area contributed by atoms with Gasteiger partial charge in [-0.3, -0.25) is 0 Å². The third kappa shape index (κ3) is 4.03. The molecular formula is C15H17FN2O. The van der Waals surface area contributed by atoms with Gasteiger partial charge in [0.25, 0.3) is 0 Å². The Morgan fingerprint density at radius 3 is 2.74 bits per heavy atom. The summed E-state index contributed by atoms with van der Waals surface area (Å²) in [4.78, 5) is 3.92. The van der Waals surface area contributed by atoms with Gasteiger partial charge in [0.1, 0.15) is 5.82 Å². The minimum Gasteiger partial charge on any atom is -0.477 e. The Kier molecular flexibility index (Phi) is 4.86. The molecule has 4 heteroatoms. The third-order valence-electron chi connectivity index (χ3n) is 2.80. The standard InChI is InChI=1S/C15H17FN2O/c16-14-9-13(10-17)15(18-11-14)19-8-4-7-12-5-2-1-3-6-12/h1-3,5-6,9,11H,4,7-8,10,17H2. The summed E-state index contributed by atoms with van der Waals surface area (Å²) in [5, 5.41) is 0. The summed E-state index contributed by atoms with van der Waals surface area (Å²) in [6, 6.07) is 11.6. The van der Waals surface area contributed by atoms with Crippen molar-refractivity contribution in [1.29, 1.82) is 0 Å². The van der Waals surface area contributed by atoms with Crippen LogP contribution in [0.25, 0.3) is 0 Å². The minimum absolute atomic E-state index is 0.221. The molecule has 1 heterocycles. The van der Waals surface area contributed by atoms with Crippen molar-refractivity contribution < 1.29 is 9.13 Å². The molecule has 100 valence electrons. The van der Waals surface area contributed by atoms with Crippen LogP contribution in [0.4, 0.5) is 4.39 Å². The molecule has 0 aliphatic heterocycles. The zero-order valence-electron chi connectivity index (χ0n) is 10.7. The first-order valence-electron chi connectivity index (χ1n) is 6.31. The van der Waals surface area contributed by atoms with Crippen LogP contribution < -0.4 is 10.5 Å². The highest BCUT2D eigenvalue weighted by Gasteiger charge is 2.05. The predicted molar refractivity (Wildman–Crippen MR) is 72.3 cm³/mol. The summed E-state index contributed by atoms with van der Waals surface area (Å²) < 4.78 is 18.5. The van der Waals surface area contributed by atoms with E-state index in [1.54, 1.807) is 0 Å². The summed E-state index contributed by atoms with van der Waals surface area (Å²) in [5.74, 6) is 0.0362. The largest absolute Gasteiger partial charge is 0.477 e. The summed E-state index contributed by atoms with van der Waals surface area (Å²) in [6.45, 7) is 0.763. The highest BCUT2D eigenvalue weighted by Crippen LogP contribution is 2.15. The molecule has 2 rings (SSSR count). The van der Waals surface area contributed by atoms with E-state index in [0.29, 0.717) is 18.1 Å². The van der Waals surface area contributed by atoms with E-state index in [0.717, 1.165) is 19.0 Å². The SMILES string of the molecule is NCc1cc(F)cnc1OCCCc1ccccc1. The molecule has 0 fully saturated rings. The summed E-state index contributed by atoms with van der Waals surface area (Å²) in [5.41, 5.74) is 7.40. The van der Waals surface area contributed by atoms with Crippen molar-refractivity contribution in [1.82, 2.24) is 4.98 Å². The highest BCUT2D eigenvalue weighted by molar-refractivity contribution is 5.25. The molecule has 2 N–H and O–H groups in total. The molecule has 0 atom stereocenters. The smallest absolute Gasteiger partial charge is 0.218 e. The van der Waals surface area contributed by atoms with Crippen LogP contribution in [0, 0.1) is 5.82 Å². The van der Waals surface area contributed by atoms with Crippen LogP contribution in [0.3, 0.4) is 0 Å². The fourth-order valence-corrected chi connectivity index (χ4v) is 1.83. The lowest BCUT2D eigenvalue weighted by atomic mass is 10.1. The van der Waals surface area contributed by atoms with E-state index in [4.69, 9.17) is 10.5 Å². The summed E-state index contributed by atoms with van der Waals surface area (Å²) in [6.07, 6.45) is 2.97. The molecule has 0 bridgehead atoms. The van der Waals surface area contributed by atoms with Crippen molar-refractivity contribution >= 4 is 0 Å². The summed E-state index contributed by atoms with van der Waals surface area (Å²) in [7, 11) is 0. The maximum atomic E-state index is 13.0. The Labute approximate surface area is 112 Å². The van der Waals surface area contributed by atoms with Gasteiger partial charge >= 0.3 is 0 Å². The first kappa shape index (κ1) is 13.5. The van der Waals surface area contributed by atoms with Gasteiger partial charge in [-0.25, -0.2) is 9.37 Å². The number of ether oxygens (including phenoxy) is 1. The van der Waals surface area contributed by atoms with E-state index in [1.807, 2.05) is 18.2 Å². The highest BCUT2D eigenvalue weighted by atomic mass is 19.1. The maximum Gasteiger partial charge on any atom is 0.218 e. The second kappa shape index (κ2) is 6.85. The van der Waals surface area contributed by atoms with Gasteiger partial charge in [-0.15, -0.1) is 0 Å². The molecule has 0 aliphatic rings. The molecule has 2 aromatic rings. The maximum absolute atomic E-state index is 13.0. The second-order valence-electron chi connectivity index (χ2n) is 4.26. The molecule has 0 amide bonds. The summed E-state index contributed by atoms with van der Waals surface area (Å²) >= 11 is 0. The fourth-order valence-electron chi connectivity index (χ4n) is 1.83. The molecule has 0 spiro atoms. The number of nitrogens with zero attached hydrogens (tertiary/aromatic N) is 1. The molecule has 1 aromatic carbocycles. The second-order valence-corrected chi connectivity index (χ2v) is 4.26. The van der Waals surface area contributed by atoms with Crippen molar-refractivity contribution in [2.24, 2.45) is 5.73 Å². The van der Waals surface area contributed by atoms with Crippen LogP contribution in [0.1, 0.15) is 17.5 Å². The first-order valence-corrected chi connectivity index (χ1v) is 6.31. The Balaban J connectivity index is 1.83. The van der Waals surface area contributed by atoms with Gasteiger partial charge in [-0.1, -0.05) is 30.3 Å². The zero-order chi connectivity index (χ0) is 13.5. The number of hydrogen-bond acceptors (Lipinski definition) is 3. The van der Waals surface area contributed by atoms with Crippen molar-refractivity contribution in [3.05, 3.63) is 59.5 Å². The number of aryl methyl sites for hydroxylation is 1. The molecule has 0 unspecified atom stereocenters. The molecular weight excluding hydrogens is 243 g/mol. The van der Waals surface area contributed by atoms with Crippen LogP contribution in [0.2, 0.25) is 0 Å². The quantitative estimate of drug-likeness (QED) is 0.812. The van der Waals surface area contributed by atoms with Crippen LogP contribution in [-0.2, 0) is 13.0 Å². The van der Waals surface area contributed by atoms with Gasteiger partial charge in [0.05, 0.1) is 12.8 Å². The average molecular weight is 260 g/mol. The van der Waals surface area contributed by atoms with Crippen molar-refractivity contribution in [3.8, 4) is 5.88 Å². The Morgan fingerprint density at radius 2 is 2.00 bits per heavy atom. The molecule has 19 heavy (non-hydrogen) atoms. The van der Waals surface area contributed by atoms with Gasteiger partial charge in [0.2, 0.25) is 5.88 Å². The Bertz CT molecular complexity index is 517. The van der Waals surface area contributed by atoms with Crippen LogP contribution in [0.5, 0.6) is 5.88 Å². The lowest BCUT2D eigenvalue weighted by Gasteiger charge is -2.09. The molecule has 0 radical (unpaired) electrons. The van der Waals surface area contributed by atoms with E-state index in [1.165, 1.54) is 11.6 Å². The van der Waals surface area contributed by atoms with Gasteiger partial charge in [-0.05, 0) is 24.5 Å². The predicted octanol–water partition coefficient (Wildman–Crippen LogP) is 2.69. The number of nitrogens with two attached hydrogens (primary N) is 1. The van der Waals surface area contributed by atoms with Gasteiger partial charge in [0, 0.05) is 12.1 Å². The first-order chi connectivity index (χ1) is 9.29. The lowest BCUT2D eigenvalue weighted by Crippen LogP contribution is -2.07. The van der Waals surface area contributed by atoms with Gasteiger partial charge in [0.15, 0.2) is 0 Å². The number of benzene rings is 1. The van der Waals surface area contributed by atoms with Crippen molar-refractivity contribution in [2.45, 2.75) is 19.4 Å². The van der Waals surface area contributed by atoms with Crippen LogP contribution in [-0.4, -0.2) is 11.6 Å². The van der Waals surface area contributed by atoms with Crippen LogP contribution >= 0.6 is 0 Å².